The highest BCUT2D eigenvalue weighted by Crippen LogP contribution is 2.60. The summed E-state index contributed by atoms with van der Waals surface area (Å²) in [6.45, 7) is 4.86. The Bertz CT molecular complexity index is 3400. The van der Waals surface area contributed by atoms with Crippen molar-refractivity contribution < 1.29 is 4.42 Å². The third kappa shape index (κ3) is 4.64. The van der Waals surface area contributed by atoms with Crippen LogP contribution >= 0.6 is 11.3 Å². The fourth-order valence-corrected chi connectivity index (χ4v) is 12.4. The maximum absolute atomic E-state index is 6.55. The molecule has 0 bridgehead atoms. The molecule has 1 saturated carbocycles. The third-order valence-electron chi connectivity index (χ3n) is 14.1. The third-order valence-corrected chi connectivity index (χ3v) is 15.3. The Kier molecular flexibility index (Phi) is 6.89. The molecule has 0 N–H and O–H groups in total. The van der Waals surface area contributed by atoms with Crippen LogP contribution in [-0.4, -0.2) is 9.97 Å². The Labute approximate surface area is 347 Å². The molecule has 59 heavy (non-hydrogen) atoms. The summed E-state index contributed by atoms with van der Waals surface area (Å²) < 4.78 is 9.02. The van der Waals surface area contributed by atoms with Crippen molar-refractivity contribution >= 4 is 53.6 Å². The van der Waals surface area contributed by atoms with E-state index in [0.29, 0.717) is 5.82 Å². The predicted octanol–water partition coefficient (Wildman–Crippen LogP) is 15.3. The van der Waals surface area contributed by atoms with Crippen LogP contribution in [0.2, 0.25) is 0 Å². The summed E-state index contributed by atoms with van der Waals surface area (Å²) in [6.07, 6.45) is 6.47. The van der Waals surface area contributed by atoms with E-state index in [4.69, 9.17) is 14.4 Å². The Morgan fingerprint density at radius 2 is 1.20 bits per heavy atom. The van der Waals surface area contributed by atoms with Gasteiger partial charge in [0.25, 0.3) is 0 Å². The van der Waals surface area contributed by atoms with Gasteiger partial charge in [-0.05, 0) is 111 Å². The van der Waals surface area contributed by atoms with E-state index in [1.165, 1.54) is 96.8 Å². The van der Waals surface area contributed by atoms with Crippen LogP contribution in [0, 0.1) is 0 Å². The smallest absolute Gasteiger partial charge is 0.180 e. The Morgan fingerprint density at radius 1 is 0.508 bits per heavy atom. The minimum absolute atomic E-state index is 0.112. The van der Waals surface area contributed by atoms with Gasteiger partial charge < -0.3 is 4.42 Å². The first kappa shape index (κ1) is 33.6. The molecule has 3 nitrogen and oxygen atoms in total. The second-order valence-electron chi connectivity index (χ2n) is 17.6. The van der Waals surface area contributed by atoms with Gasteiger partial charge in [-0.3, -0.25) is 0 Å². The van der Waals surface area contributed by atoms with Gasteiger partial charge in [0.05, 0.1) is 0 Å². The average Bonchev–Trinajstić information content (AvgIpc) is 3.99. The van der Waals surface area contributed by atoms with Crippen LogP contribution < -0.4 is 0 Å². The molecular formula is C55H40N2OS. The first-order chi connectivity index (χ1) is 29.0. The van der Waals surface area contributed by atoms with E-state index in [1.54, 1.807) is 11.1 Å². The fourth-order valence-electron chi connectivity index (χ4n) is 11.2. The zero-order valence-electron chi connectivity index (χ0n) is 33.1. The van der Waals surface area contributed by atoms with Crippen LogP contribution in [0.4, 0.5) is 0 Å². The van der Waals surface area contributed by atoms with Gasteiger partial charge in [0.15, 0.2) is 11.4 Å². The topological polar surface area (TPSA) is 38.9 Å². The van der Waals surface area contributed by atoms with Crippen molar-refractivity contribution in [3.8, 4) is 56.0 Å². The first-order valence-electron chi connectivity index (χ1n) is 21.1. The first-order valence-corrected chi connectivity index (χ1v) is 21.9. The number of nitrogens with zero attached hydrogens (tertiary/aromatic N) is 2. The molecule has 4 heteroatoms. The molecule has 282 valence electrons. The van der Waals surface area contributed by atoms with E-state index in [1.807, 2.05) is 47.7 Å². The molecule has 3 heterocycles. The number of hydrogen-bond acceptors (Lipinski definition) is 4. The summed E-state index contributed by atoms with van der Waals surface area (Å²) in [4.78, 5) is 10.3. The van der Waals surface area contributed by atoms with Crippen LogP contribution in [0.1, 0.15) is 68.2 Å². The van der Waals surface area contributed by atoms with Crippen molar-refractivity contribution in [2.24, 2.45) is 0 Å². The monoisotopic (exact) mass is 776 g/mol. The van der Waals surface area contributed by atoms with Crippen LogP contribution in [0.15, 0.2) is 150 Å². The normalized spacial score (nSPS) is 15.9. The Balaban J connectivity index is 0.938. The van der Waals surface area contributed by atoms with Crippen LogP contribution in [0.5, 0.6) is 0 Å². The van der Waals surface area contributed by atoms with Crippen molar-refractivity contribution in [2.75, 3.05) is 0 Å². The summed E-state index contributed by atoms with van der Waals surface area (Å²) in [5.41, 5.74) is 19.6. The zero-order chi connectivity index (χ0) is 39.0. The number of benzene rings is 7. The Morgan fingerprint density at radius 3 is 2.10 bits per heavy atom. The van der Waals surface area contributed by atoms with Gasteiger partial charge in [0.1, 0.15) is 16.8 Å². The van der Waals surface area contributed by atoms with Crippen molar-refractivity contribution in [1.82, 2.24) is 9.97 Å². The summed E-state index contributed by atoms with van der Waals surface area (Å²) in [7, 11) is 0. The number of aromatic nitrogens is 2. The largest absolute Gasteiger partial charge is 0.452 e. The quantitative estimate of drug-likeness (QED) is 0.179. The zero-order valence-corrected chi connectivity index (χ0v) is 33.9. The summed E-state index contributed by atoms with van der Waals surface area (Å²) in [5, 5.41) is 3.49. The van der Waals surface area contributed by atoms with Gasteiger partial charge in [0, 0.05) is 47.5 Å². The lowest BCUT2D eigenvalue weighted by Gasteiger charge is -2.36. The number of furan rings is 1. The molecule has 10 aromatic rings. The molecule has 0 amide bonds. The van der Waals surface area contributed by atoms with Gasteiger partial charge in [-0.1, -0.05) is 136 Å². The van der Waals surface area contributed by atoms with Crippen LogP contribution in [-0.2, 0) is 10.8 Å². The standard InChI is InChI=1S/C55H40N2OS/c1-54(2)44-29-34(22-24-36(44)40-31-46-41(30-45(40)54)35-16-7-9-20-43(35)55(46)26-11-4-12-27-55)33-23-25-48-42(28-33)37-18-13-19-39(52(37)59-48)50-51-49(38-17-8-10-21-47(38)58-51)56-53(57-50)32-14-5-3-6-15-32/h3,5-10,13-25,28-31H,4,11-12,26-27H2,1-2H3. The van der Waals surface area contributed by atoms with Gasteiger partial charge in [0.2, 0.25) is 0 Å². The van der Waals surface area contributed by atoms with Crippen molar-refractivity contribution in [3.63, 3.8) is 0 Å². The fraction of sp³-hybridized carbons (Fsp3) is 0.164. The van der Waals surface area contributed by atoms with Gasteiger partial charge in [-0.25, -0.2) is 9.97 Å². The molecule has 0 aliphatic heterocycles. The lowest BCUT2D eigenvalue weighted by atomic mass is 9.67. The van der Waals surface area contributed by atoms with E-state index in [0.717, 1.165) is 38.9 Å². The predicted molar refractivity (Wildman–Crippen MR) is 245 cm³/mol. The summed E-state index contributed by atoms with van der Waals surface area (Å²) in [5.74, 6) is 0.699. The van der Waals surface area contributed by atoms with Gasteiger partial charge in [-0.2, -0.15) is 0 Å². The molecule has 7 aromatic carbocycles. The molecule has 3 aliphatic rings. The van der Waals surface area contributed by atoms with Crippen LogP contribution in [0.3, 0.4) is 0 Å². The van der Waals surface area contributed by atoms with Crippen molar-refractivity contribution in [1.29, 1.82) is 0 Å². The molecule has 3 aliphatic carbocycles. The molecule has 1 fully saturated rings. The van der Waals surface area contributed by atoms with Gasteiger partial charge in [-0.15, -0.1) is 11.3 Å². The minimum atomic E-state index is -0.112. The van der Waals surface area contributed by atoms with Crippen molar-refractivity contribution in [2.45, 2.75) is 56.8 Å². The van der Waals surface area contributed by atoms with E-state index in [9.17, 15) is 0 Å². The Hall–Kier alpha value is -6.36. The number of thiophene rings is 1. The summed E-state index contributed by atoms with van der Waals surface area (Å²) >= 11 is 1.83. The van der Waals surface area contributed by atoms with E-state index in [2.05, 4.69) is 123 Å². The maximum atomic E-state index is 6.55. The highest BCUT2D eigenvalue weighted by atomic mass is 32.1. The maximum Gasteiger partial charge on any atom is 0.180 e. The van der Waals surface area contributed by atoms with Crippen molar-refractivity contribution in [3.05, 3.63) is 168 Å². The highest BCUT2D eigenvalue weighted by Gasteiger charge is 2.46. The molecular weight excluding hydrogens is 737 g/mol. The molecule has 13 rings (SSSR count). The molecule has 0 radical (unpaired) electrons. The van der Waals surface area contributed by atoms with E-state index >= 15 is 0 Å². The highest BCUT2D eigenvalue weighted by molar-refractivity contribution is 7.26. The minimum Gasteiger partial charge on any atom is -0.452 e. The molecule has 0 unspecified atom stereocenters. The lowest BCUT2D eigenvalue weighted by Crippen LogP contribution is -2.28. The van der Waals surface area contributed by atoms with E-state index in [-0.39, 0.29) is 10.8 Å². The number of fused-ring (bicyclic) bond motifs is 14. The second-order valence-corrected chi connectivity index (χ2v) is 18.6. The summed E-state index contributed by atoms with van der Waals surface area (Å²) in [6, 6.07) is 53.8. The SMILES string of the molecule is CC1(C)c2cc(-c3ccc4sc5c(-c6nc(-c7ccccc7)nc7c6oc6ccccc67)cccc5c4c3)ccc2-c2cc3c(cc21)-c1ccccc1C31CCCCC1. The molecule has 0 saturated heterocycles. The van der Waals surface area contributed by atoms with E-state index < -0.39 is 0 Å². The number of hydrogen-bond donors (Lipinski definition) is 0. The van der Waals surface area contributed by atoms with Gasteiger partial charge >= 0.3 is 0 Å². The second kappa shape index (κ2) is 12.1. The molecule has 0 atom stereocenters. The molecule has 1 spiro atoms. The average molecular weight is 777 g/mol. The lowest BCUT2D eigenvalue weighted by molar-refractivity contribution is 0.353. The molecule has 3 aromatic heterocycles. The number of para-hydroxylation sites is 1. The number of rotatable bonds is 3. The van der Waals surface area contributed by atoms with Crippen LogP contribution in [0.25, 0.3) is 98.3 Å².